The van der Waals surface area contributed by atoms with E-state index in [0.29, 0.717) is 22.3 Å². The molecule has 0 fully saturated rings. The minimum absolute atomic E-state index is 0. The van der Waals surface area contributed by atoms with Gasteiger partial charge < -0.3 is 26.2 Å². The van der Waals surface area contributed by atoms with Crippen LogP contribution in [0.5, 0.6) is 0 Å². The number of benzene rings is 2. The first kappa shape index (κ1) is 23.2. The van der Waals surface area contributed by atoms with Crippen molar-refractivity contribution < 1.29 is 34.1 Å². The summed E-state index contributed by atoms with van der Waals surface area (Å²) in [6, 6.07) is 6.67. The van der Waals surface area contributed by atoms with Crippen LogP contribution < -0.4 is 10.8 Å². The van der Waals surface area contributed by atoms with Gasteiger partial charge in [-0.1, -0.05) is 12.1 Å². The molecule has 0 saturated carbocycles. The number of ether oxygens (including phenoxy) is 1. The molecule has 0 saturated heterocycles. The highest BCUT2D eigenvalue weighted by atomic mass is 19.1. The smallest absolute Gasteiger partial charge is 0.411 e. The zero-order chi connectivity index (χ0) is 21.3. The Balaban J connectivity index is 0.00000320. The molecule has 0 radical (unpaired) electrons. The second-order valence-electron chi connectivity index (χ2n) is 7.67. The Morgan fingerprint density at radius 3 is 2.40 bits per heavy atom. The van der Waals surface area contributed by atoms with E-state index in [9.17, 15) is 23.6 Å². The van der Waals surface area contributed by atoms with Gasteiger partial charge in [0.1, 0.15) is 34.7 Å². The SMILES string of the molecule is CC(C)(C)OC(=O)N1Cc2ccc([NH2+][O-])cc2[C@H]1C(=O)Nc1c(F)cccc1F.O. The van der Waals surface area contributed by atoms with Gasteiger partial charge in [0.25, 0.3) is 5.91 Å². The van der Waals surface area contributed by atoms with Crippen molar-refractivity contribution in [3.05, 3.63) is 64.4 Å². The van der Waals surface area contributed by atoms with E-state index in [1.165, 1.54) is 17.0 Å². The van der Waals surface area contributed by atoms with Crippen molar-refractivity contribution in [2.45, 2.75) is 39.0 Å². The fraction of sp³-hybridized carbons (Fsp3) is 0.300. The molecular formula is C20H23F2N3O5. The molecule has 0 spiro atoms. The van der Waals surface area contributed by atoms with Crippen molar-refractivity contribution in [2.24, 2.45) is 0 Å². The number of carbonyl (C=O) groups is 2. The van der Waals surface area contributed by atoms with Crippen LogP contribution in [-0.4, -0.2) is 28.0 Å². The summed E-state index contributed by atoms with van der Waals surface area (Å²) in [4.78, 5) is 26.8. The Labute approximate surface area is 171 Å². The predicted molar refractivity (Wildman–Crippen MR) is 105 cm³/mol. The molecule has 0 unspecified atom stereocenters. The summed E-state index contributed by atoms with van der Waals surface area (Å²) < 4.78 is 33.3. The van der Waals surface area contributed by atoms with Crippen LogP contribution in [-0.2, 0) is 16.1 Å². The topological polar surface area (TPSA) is 130 Å². The third-order valence-corrected chi connectivity index (χ3v) is 4.34. The number of halogens is 2. The lowest BCUT2D eigenvalue weighted by Gasteiger charge is -2.28. The minimum Gasteiger partial charge on any atom is -0.630 e. The number of para-hydroxylation sites is 1. The number of anilines is 1. The molecule has 1 aliphatic heterocycles. The quantitative estimate of drug-likeness (QED) is 0.579. The lowest BCUT2D eigenvalue weighted by atomic mass is 10.0. The second-order valence-corrected chi connectivity index (χ2v) is 7.67. The largest absolute Gasteiger partial charge is 0.630 e. The molecule has 8 nitrogen and oxygen atoms in total. The molecule has 162 valence electrons. The van der Waals surface area contributed by atoms with Gasteiger partial charge in [0.2, 0.25) is 0 Å². The van der Waals surface area contributed by atoms with Crippen molar-refractivity contribution in [3.8, 4) is 0 Å². The van der Waals surface area contributed by atoms with Gasteiger partial charge in [0.05, 0.1) is 6.54 Å². The average Bonchev–Trinajstić information content (AvgIpc) is 3.02. The lowest BCUT2D eigenvalue weighted by Crippen LogP contribution is -2.70. The number of rotatable bonds is 3. The number of fused-ring (bicyclic) bond motifs is 1. The molecule has 1 heterocycles. The summed E-state index contributed by atoms with van der Waals surface area (Å²) in [6.45, 7) is 5.11. The number of nitrogens with zero attached hydrogens (tertiary/aromatic N) is 1. The normalized spacial score (nSPS) is 15.3. The first-order chi connectivity index (χ1) is 13.6. The molecule has 3 rings (SSSR count). The van der Waals surface area contributed by atoms with Gasteiger partial charge in [-0.2, -0.15) is 0 Å². The Bertz CT molecular complexity index is 942. The molecule has 2 aromatic rings. The second kappa shape index (κ2) is 8.74. The van der Waals surface area contributed by atoms with E-state index in [0.717, 1.165) is 12.1 Å². The molecule has 10 heteroatoms. The number of nitrogens with two attached hydrogens (primary N) is 1. The molecular weight excluding hydrogens is 400 g/mol. The van der Waals surface area contributed by atoms with E-state index < -0.39 is 41.0 Å². The van der Waals surface area contributed by atoms with Gasteiger partial charge in [0, 0.05) is 6.07 Å². The van der Waals surface area contributed by atoms with Crippen LogP contribution >= 0.6 is 0 Å². The van der Waals surface area contributed by atoms with Gasteiger partial charge in [0.15, 0.2) is 0 Å². The van der Waals surface area contributed by atoms with Gasteiger partial charge >= 0.3 is 6.09 Å². The highest BCUT2D eigenvalue weighted by Gasteiger charge is 2.41. The highest BCUT2D eigenvalue weighted by Crippen LogP contribution is 2.37. The molecule has 2 amide bonds. The zero-order valence-corrected chi connectivity index (χ0v) is 16.7. The highest BCUT2D eigenvalue weighted by molar-refractivity contribution is 5.98. The Morgan fingerprint density at radius 2 is 1.83 bits per heavy atom. The van der Waals surface area contributed by atoms with Crippen LogP contribution in [0.25, 0.3) is 0 Å². The van der Waals surface area contributed by atoms with Crippen molar-refractivity contribution in [1.82, 2.24) is 4.90 Å². The first-order valence-corrected chi connectivity index (χ1v) is 8.93. The number of nitrogens with one attached hydrogen (secondary N) is 1. The lowest BCUT2D eigenvalue weighted by molar-refractivity contribution is -0.497. The zero-order valence-electron chi connectivity index (χ0n) is 16.7. The third-order valence-electron chi connectivity index (χ3n) is 4.34. The van der Waals surface area contributed by atoms with Crippen molar-refractivity contribution in [2.75, 3.05) is 5.32 Å². The van der Waals surface area contributed by atoms with Crippen LogP contribution in [0, 0.1) is 16.8 Å². The summed E-state index contributed by atoms with van der Waals surface area (Å²) in [5, 5.41) is 13.4. The van der Waals surface area contributed by atoms with E-state index in [-0.39, 0.29) is 12.0 Å². The maximum Gasteiger partial charge on any atom is 0.411 e. The van der Waals surface area contributed by atoms with Crippen LogP contribution in [0.4, 0.5) is 25.0 Å². The van der Waals surface area contributed by atoms with Crippen molar-refractivity contribution in [3.63, 3.8) is 0 Å². The number of hydrogen-bond acceptors (Lipinski definition) is 4. The van der Waals surface area contributed by atoms with Crippen molar-refractivity contribution >= 4 is 23.4 Å². The molecule has 30 heavy (non-hydrogen) atoms. The van der Waals surface area contributed by atoms with Crippen LogP contribution in [0.1, 0.15) is 37.9 Å². The Hall–Kier alpha value is -3.08. The van der Waals surface area contributed by atoms with Gasteiger partial charge in [-0.25, -0.2) is 13.6 Å². The molecule has 2 aromatic carbocycles. The summed E-state index contributed by atoms with van der Waals surface area (Å²) in [7, 11) is 0. The molecule has 0 aliphatic carbocycles. The first-order valence-electron chi connectivity index (χ1n) is 8.93. The van der Waals surface area contributed by atoms with Gasteiger partial charge in [-0.15, -0.1) is 0 Å². The molecule has 0 aromatic heterocycles. The van der Waals surface area contributed by atoms with Gasteiger partial charge in [-0.05, 0) is 50.1 Å². The standard InChI is InChI=1S/C20H21F2N3O4.H2O/c1-20(2,3)29-19(27)25-10-11-7-8-12(24-28)9-13(11)17(25)18(26)23-16-14(21)5-4-6-15(16)22;/h4-9,17H,10,24H2,1-3H3,(H,23,26);1H2/t17-;/m0./s1. The van der Waals surface area contributed by atoms with Crippen molar-refractivity contribution in [1.29, 1.82) is 0 Å². The van der Waals surface area contributed by atoms with E-state index in [2.05, 4.69) is 5.32 Å². The van der Waals surface area contributed by atoms with Crippen LogP contribution in [0.15, 0.2) is 36.4 Å². The number of quaternary nitrogens is 1. The van der Waals surface area contributed by atoms with Gasteiger partial charge in [-0.3, -0.25) is 9.69 Å². The van der Waals surface area contributed by atoms with E-state index in [1.54, 1.807) is 32.9 Å². The van der Waals surface area contributed by atoms with Crippen LogP contribution in [0.2, 0.25) is 0 Å². The Morgan fingerprint density at radius 1 is 1.20 bits per heavy atom. The number of amides is 2. The fourth-order valence-corrected chi connectivity index (χ4v) is 3.11. The number of hydrogen-bond donors (Lipinski definition) is 2. The summed E-state index contributed by atoms with van der Waals surface area (Å²) in [6.07, 6.45) is -0.754. The molecule has 5 N–H and O–H groups in total. The van der Waals surface area contributed by atoms with E-state index >= 15 is 0 Å². The minimum atomic E-state index is -1.21. The predicted octanol–water partition coefficient (Wildman–Crippen LogP) is 2.26. The summed E-state index contributed by atoms with van der Waals surface area (Å²) in [5.74, 6) is -2.70. The van der Waals surface area contributed by atoms with Crippen LogP contribution in [0.3, 0.4) is 0 Å². The average molecular weight is 423 g/mol. The maximum absolute atomic E-state index is 14.0. The fourth-order valence-electron chi connectivity index (χ4n) is 3.11. The Kier molecular flexibility index (Phi) is 6.76. The molecule has 0 bridgehead atoms. The van der Waals surface area contributed by atoms with E-state index in [4.69, 9.17) is 4.74 Å². The third kappa shape index (κ3) is 4.73. The maximum atomic E-state index is 14.0. The van der Waals surface area contributed by atoms with E-state index in [1.807, 2.05) is 0 Å². The number of carbonyl (C=O) groups excluding carboxylic acids is 2. The summed E-state index contributed by atoms with van der Waals surface area (Å²) in [5.41, 5.74) is 0.539. The molecule has 1 atom stereocenters. The molecule has 1 aliphatic rings. The summed E-state index contributed by atoms with van der Waals surface area (Å²) >= 11 is 0. The monoisotopic (exact) mass is 423 g/mol.